The average molecular weight is 476 g/mol. The van der Waals surface area contributed by atoms with Crippen molar-refractivity contribution in [1.29, 1.82) is 5.26 Å². The maximum Gasteiger partial charge on any atom is 0.374 e. The Balaban J connectivity index is 1.12. The second-order valence-corrected chi connectivity index (χ2v) is 7.68. The zero-order chi connectivity index (χ0) is 24.2. The van der Waals surface area contributed by atoms with Crippen molar-refractivity contribution < 1.29 is 27.6 Å². The van der Waals surface area contributed by atoms with Gasteiger partial charge in [-0.05, 0) is 30.3 Å². The number of nitriles is 1. The lowest BCUT2D eigenvalue weighted by molar-refractivity contribution is -0.134. The van der Waals surface area contributed by atoms with Crippen molar-refractivity contribution in [1.82, 2.24) is 19.7 Å². The SMILES string of the molecule is N#Cc1nc(-c2ccco2)oc1N1CCN(C(=O)COC(=O)c2ccc(Cn3cccn3)o2)CC1. The molecule has 0 aliphatic carbocycles. The highest BCUT2D eigenvalue weighted by Gasteiger charge is 2.27. The molecule has 4 aromatic rings. The third-order valence-electron chi connectivity index (χ3n) is 5.43. The van der Waals surface area contributed by atoms with E-state index in [1.807, 2.05) is 11.0 Å². The van der Waals surface area contributed by atoms with Gasteiger partial charge in [-0.3, -0.25) is 9.48 Å². The smallest absolute Gasteiger partial charge is 0.374 e. The van der Waals surface area contributed by atoms with Crippen LogP contribution in [-0.4, -0.2) is 64.3 Å². The number of aromatic nitrogens is 3. The van der Waals surface area contributed by atoms with E-state index in [-0.39, 0.29) is 23.3 Å². The number of carbonyl (C=O) groups is 2. The summed E-state index contributed by atoms with van der Waals surface area (Å²) < 4.78 is 23.3. The highest BCUT2D eigenvalue weighted by atomic mass is 16.5. The van der Waals surface area contributed by atoms with E-state index < -0.39 is 12.6 Å². The highest BCUT2D eigenvalue weighted by Crippen LogP contribution is 2.29. The molecule has 5 heterocycles. The van der Waals surface area contributed by atoms with Crippen LogP contribution in [0.15, 0.2) is 62.2 Å². The molecule has 35 heavy (non-hydrogen) atoms. The van der Waals surface area contributed by atoms with E-state index in [9.17, 15) is 14.9 Å². The first-order valence-electron chi connectivity index (χ1n) is 10.8. The molecular weight excluding hydrogens is 456 g/mol. The van der Waals surface area contributed by atoms with Gasteiger partial charge in [0.15, 0.2) is 12.4 Å². The minimum Gasteiger partial charge on any atom is -0.459 e. The van der Waals surface area contributed by atoms with Gasteiger partial charge in [0.25, 0.3) is 11.8 Å². The maximum absolute atomic E-state index is 12.6. The third-order valence-corrected chi connectivity index (χ3v) is 5.43. The molecule has 0 N–H and O–H groups in total. The topological polar surface area (TPSA) is 144 Å². The summed E-state index contributed by atoms with van der Waals surface area (Å²) >= 11 is 0. The fraction of sp³-hybridized carbons (Fsp3) is 0.261. The molecule has 0 saturated carbocycles. The Labute approximate surface area is 198 Å². The number of esters is 1. The van der Waals surface area contributed by atoms with Crippen molar-refractivity contribution in [2.75, 3.05) is 37.7 Å². The van der Waals surface area contributed by atoms with Crippen LogP contribution in [0.3, 0.4) is 0 Å². The fourth-order valence-electron chi connectivity index (χ4n) is 3.68. The maximum atomic E-state index is 12.6. The predicted molar refractivity (Wildman–Crippen MR) is 118 cm³/mol. The molecule has 178 valence electrons. The number of hydrogen-bond donors (Lipinski definition) is 0. The van der Waals surface area contributed by atoms with Crippen LogP contribution in [-0.2, 0) is 16.1 Å². The zero-order valence-electron chi connectivity index (χ0n) is 18.5. The van der Waals surface area contributed by atoms with Gasteiger partial charge in [-0.15, -0.1) is 0 Å². The fourth-order valence-corrected chi connectivity index (χ4v) is 3.68. The highest BCUT2D eigenvalue weighted by molar-refractivity contribution is 5.89. The van der Waals surface area contributed by atoms with Crippen molar-refractivity contribution in [3.63, 3.8) is 0 Å². The van der Waals surface area contributed by atoms with Crippen LogP contribution in [0.1, 0.15) is 22.0 Å². The van der Waals surface area contributed by atoms with E-state index in [0.717, 1.165) is 0 Å². The molecule has 0 radical (unpaired) electrons. The molecule has 4 aromatic heterocycles. The Morgan fingerprint density at radius 3 is 2.69 bits per heavy atom. The lowest BCUT2D eigenvalue weighted by atomic mass is 10.3. The van der Waals surface area contributed by atoms with Crippen LogP contribution in [0, 0.1) is 11.3 Å². The van der Waals surface area contributed by atoms with Gasteiger partial charge in [-0.25, -0.2) is 4.79 Å². The zero-order valence-corrected chi connectivity index (χ0v) is 18.5. The minimum absolute atomic E-state index is 0.0199. The minimum atomic E-state index is -0.713. The van der Waals surface area contributed by atoms with Gasteiger partial charge in [0.1, 0.15) is 11.8 Å². The Morgan fingerprint density at radius 2 is 1.97 bits per heavy atom. The summed E-state index contributed by atoms with van der Waals surface area (Å²) in [6.45, 7) is 1.57. The van der Waals surface area contributed by atoms with Crippen LogP contribution >= 0.6 is 0 Å². The Kier molecular flexibility index (Phi) is 6.04. The van der Waals surface area contributed by atoms with Crippen molar-refractivity contribution in [3.8, 4) is 17.7 Å². The van der Waals surface area contributed by atoms with Crippen LogP contribution in [0.2, 0.25) is 0 Å². The predicted octanol–water partition coefficient (Wildman–Crippen LogP) is 2.15. The van der Waals surface area contributed by atoms with Gasteiger partial charge >= 0.3 is 5.97 Å². The lowest BCUT2D eigenvalue weighted by Crippen LogP contribution is -2.50. The standard InChI is InChI=1S/C23H20N6O6/c24-13-17-22(35-21(26-17)18-3-1-12-32-18)28-10-8-27(9-11-28)20(30)15-33-23(31)19-5-4-16(34-19)14-29-7-2-6-25-29/h1-7,12H,8-11,14-15H2. The van der Waals surface area contributed by atoms with Gasteiger partial charge in [0.05, 0.1) is 12.8 Å². The number of ether oxygens (including phenoxy) is 1. The second kappa shape index (κ2) is 9.60. The molecule has 5 rings (SSSR count). The van der Waals surface area contributed by atoms with E-state index >= 15 is 0 Å². The summed E-state index contributed by atoms with van der Waals surface area (Å²) in [5, 5.41) is 13.5. The molecule has 0 spiro atoms. The van der Waals surface area contributed by atoms with Crippen molar-refractivity contribution >= 4 is 17.8 Å². The van der Waals surface area contributed by atoms with Crippen LogP contribution in [0.25, 0.3) is 11.7 Å². The first-order valence-corrected chi connectivity index (χ1v) is 10.8. The molecule has 1 saturated heterocycles. The number of amides is 1. The molecule has 12 nitrogen and oxygen atoms in total. The molecule has 0 atom stereocenters. The van der Waals surface area contributed by atoms with E-state index in [0.29, 0.717) is 50.1 Å². The van der Waals surface area contributed by atoms with Gasteiger partial charge in [-0.2, -0.15) is 15.3 Å². The van der Waals surface area contributed by atoms with Gasteiger partial charge in [0.2, 0.25) is 17.3 Å². The quantitative estimate of drug-likeness (QED) is 0.364. The number of furan rings is 2. The summed E-state index contributed by atoms with van der Waals surface area (Å²) in [7, 11) is 0. The first-order chi connectivity index (χ1) is 17.1. The lowest BCUT2D eigenvalue weighted by Gasteiger charge is -2.34. The molecule has 1 amide bonds. The number of nitrogens with zero attached hydrogens (tertiary/aromatic N) is 6. The number of piperazine rings is 1. The average Bonchev–Trinajstić information content (AvgIpc) is 3.69. The molecular formula is C23H20N6O6. The number of anilines is 1. The van der Waals surface area contributed by atoms with Crippen molar-refractivity contribution in [2.24, 2.45) is 0 Å². The van der Waals surface area contributed by atoms with E-state index in [2.05, 4.69) is 10.1 Å². The monoisotopic (exact) mass is 476 g/mol. The summed E-state index contributed by atoms with van der Waals surface area (Å²) in [6.07, 6.45) is 4.92. The Hall–Kier alpha value is -4.79. The Morgan fingerprint density at radius 1 is 1.11 bits per heavy atom. The normalized spacial score (nSPS) is 13.6. The Bertz CT molecular complexity index is 1340. The van der Waals surface area contributed by atoms with Gasteiger partial charge in [0, 0.05) is 38.6 Å². The van der Waals surface area contributed by atoms with Gasteiger partial charge in [-0.1, -0.05) is 0 Å². The second-order valence-electron chi connectivity index (χ2n) is 7.68. The summed E-state index contributed by atoms with van der Waals surface area (Å²) in [6, 6.07) is 10.4. The largest absolute Gasteiger partial charge is 0.459 e. The van der Waals surface area contributed by atoms with Crippen LogP contribution in [0.4, 0.5) is 5.88 Å². The van der Waals surface area contributed by atoms with Crippen LogP contribution < -0.4 is 4.90 Å². The summed E-state index contributed by atoms with van der Waals surface area (Å²) in [4.78, 5) is 32.5. The van der Waals surface area contributed by atoms with Gasteiger partial charge < -0.3 is 27.8 Å². The first kappa shape index (κ1) is 22.0. The molecule has 0 bridgehead atoms. The van der Waals surface area contributed by atoms with E-state index in [4.69, 9.17) is 18.0 Å². The molecule has 1 aliphatic heterocycles. The molecule has 1 fully saturated rings. The molecule has 0 aromatic carbocycles. The van der Waals surface area contributed by atoms with E-state index in [1.165, 1.54) is 12.3 Å². The van der Waals surface area contributed by atoms with Crippen molar-refractivity contribution in [2.45, 2.75) is 6.54 Å². The molecule has 12 heteroatoms. The number of carbonyl (C=O) groups excluding carboxylic acids is 2. The third kappa shape index (κ3) is 4.79. The number of rotatable bonds is 7. The number of oxazole rings is 1. The van der Waals surface area contributed by atoms with Crippen LogP contribution in [0.5, 0.6) is 0 Å². The summed E-state index contributed by atoms with van der Waals surface area (Å²) in [5.74, 6) is 0.506. The number of hydrogen-bond acceptors (Lipinski definition) is 10. The molecule has 0 unspecified atom stereocenters. The molecule has 1 aliphatic rings. The summed E-state index contributed by atoms with van der Waals surface area (Å²) in [5.41, 5.74) is 0.149. The van der Waals surface area contributed by atoms with E-state index in [1.54, 1.807) is 46.2 Å². The van der Waals surface area contributed by atoms with Crippen molar-refractivity contribution in [3.05, 3.63) is 66.2 Å².